The topological polar surface area (TPSA) is 0 Å². The maximum absolute atomic E-state index is 3.54. The molecular formula is C14H19BrS2. The van der Waals surface area contributed by atoms with Gasteiger partial charge in [-0.05, 0) is 40.9 Å². The maximum atomic E-state index is 3.54. The molecule has 3 heteroatoms. The first-order valence-electron chi connectivity index (χ1n) is 6.47. The van der Waals surface area contributed by atoms with Gasteiger partial charge in [-0.3, -0.25) is 0 Å². The molecule has 17 heavy (non-hydrogen) atoms. The Hall–Kier alpha value is 0.140. The van der Waals surface area contributed by atoms with Gasteiger partial charge in [-0.2, -0.15) is 0 Å². The molecule has 0 radical (unpaired) electrons. The number of halogens is 1. The van der Waals surface area contributed by atoms with Crippen molar-refractivity contribution < 1.29 is 0 Å². The number of hydrogen-bond donors (Lipinski definition) is 0. The average Bonchev–Trinajstić information content (AvgIpc) is 2.80. The van der Waals surface area contributed by atoms with Gasteiger partial charge in [0.2, 0.25) is 0 Å². The van der Waals surface area contributed by atoms with E-state index in [1.165, 1.54) is 58.1 Å². The monoisotopic (exact) mass is 330 g/mol. The van der Waals surface area contributed by atoms with E-state index < -0.39 is 0 Å². The number of thiophene rings is 2. The van der Waals surface area contributed by atoms with Gasteiger partial charge in [0.1, 0.15) is 0 Å². The van der Waals surface area contributed by atoms with Gasteiger partial charge in [-0.25, -0.2) is 0 Å². The second-order valence-corrected chi connectivity index (χ2v) is 8.14. The van der Waals surface area contributed by atoms with Gasteiger partial charge in [0.05, 0.1) is 3.79 Å². The van der Waals surface area contributed by atoms with Crippen molar-refractivity contribution in [2.24, 2.45) is 0 Å². The number of fused-ring (bicyclic) bond motifs is 1. The lowest BCUT2D eigenvalue weighted by atomic mass is 10.1. The van der Waals surface area contributed by atoms with Gasteiger partial charge in [-0.1, -0.05) is 39.0 Å². The lowest BCUT2D eigenvalue weighted by Crippen LogP contribution is -1.82. The quantitative estimate of drug-likeness (QED) is 0.500. The van der Waals surface area contributed by atoms with Crippen molar-refractivity contribution in [1.82, 2.24) is 0 Å². The van der Waals surface area contributed by atoms with Crippen LogP contribution in [-0.2, 0) is 6.42 Å². The van der Waals surface area contributed by atoms with Crippen LogP contribution in [0.15, 0.2) is 15.9 Å². The fourth-order valence-corrected chi connectivity index (χ4v) is 5.15. The smallest absolute Gasteiger partial charge is 0.0719 e. The number of rotatable bonds is 7. The second kappa shape index (κ2) is 6.91. The Morgan fingerprint density at radius 1 is 0.941 bits per heavy atom. The van der Waals surface area contributed by atoms with Crippen LogP contribution in [0.4, 0.5) is 0 Å². The fourth-order valence-electron chi connectivity index (χ4n) is 2.06. The molecule has 0 fully saturated rings. The highest BCUT2D eigenvalue weighted by Crippen LogP contribution is 2.36. The summed E-state index contributed by atoms with van der Waals surface area (Å²) in [6.07, 6.45) is 9.62. The first-order chi connectivity index (χ1) is 8.29. The van der Waals surface area contributed by atoms with Crippen LogP contribution in [0.5, 0.6) is 0 Å². The van der Waals surface area contributed by atoms with Crippen molar-refractivity contribution >= 4 is 48.0 Å². The maximum Gasteiger partial charge on any atom is 0.0719 e. The van der Waals surface area contributed by atoms with Crippen LogP contribution in [-0.4, -0.2) is 0 Å². The molecule has 0 aliphatic carbocycles. The Kier molecular flexibility index (Phi) is 5.51. The average molecular weight is 331 g/mol. The molecule has 0 unspecified atom stereocenters. The zero-order valence-corrected chi connectivity index (χ0v) is 13.5. The SMILES string of the molecule is CCCCCCCCc1cc2sc(Br)cc2s1. The summed E-state index contributed by atoms with van der Waals surface area (Å²) in [5.74, 6) is 0. The number of unbranched alkanes of at least 4 members (excludes halogenated alkanes) is 5. The fraction of sp³-hybridized carbons (Fsp3) is 0.571. The molecule has 0 nitrogen and oxygen atoms in total. The molecular weight excluding hydrogens is 312 g/mol. The molecule has 2 aromatic rings. The molecule has 0 spiro atoms. The summed E-state index contributed by atoms with van der Waals surface area (Å²) >= 11 is 7.36. The molecule has 2 heterocycles. The zero-order chi connectivity index (χ0) is 12.1. The van der Waals surface area contributed by atoms with E-state index in [2.05, 4.69) is 35.0 Å². The molecule has 0 aliphatic heterocycles. The summed E-state index contributed by atoms with van der Waals surface area (Å²) in [5.41, 5.74) is 0. The Balaban J connectivity index is 1.73. The van der Waals surface area contributed by atoms with Crippen LogP contribution in [0.1, 0.15) is 50.3 Å². The summed E-state index contributed by atoms with van der Waals surface area (Å²) in [5, 5.41) is 0. The predicted octanol–water partition coefficient (Wildman–Crippen LogP) is 6.63. The van der Waals surface area contributed by atoms with Crippen molar-refractivity contribution in [3.8, 4) is 0 Å². The van der Waals surface area contributed by atoms with Gasteiger partial charge in [0.15, 0.2) is 0 Å². The Morgan fingerprint density at radius 2 is 1.65 bits per heavy atom. The molecule has 2 aromatic heterocycles. The van der Waals surface area contributed by atoms with E-state index >= 15 is 0 Å². The van der Waals surface area contributed by atoms with Crippen molar-refractivity contribution in [2.45, 2.75) is 51.9 Å². The lowest BCUT2D eigenvalue weighted by Gasteiger charge is -1.99. The second-order valence-electron chi connectivity index (χ2n) is 4.51. The Labute approximate surface area is 120 Å². The van der Waals surface area contributed by atoms with Crippen molar-refractivity contribution in [3.63, 3.8) is 0 Å². The summed E-state index contributed by atoms with van der Waals surface area (Å²) in [4.78, 5) is 1.56. The van der Waals surface area contributed by atoms with Crippen molar-refractivity contribution in [2.75, 3.05) is 0 Å². The summed E-state index contributed by atoms with van der Waals surface area (Å²) < 4.78 is 4.15. The Morgan fingerprint density at radius 3 is 2.41 bits per heavy atom. The predicted molar refractivity (Wildman–Crippen MR) is 84.5 cm³/mol. The standard InChI is InChI=1S/C14H19BrS2/c1-2-3-4-5-6-7-8-11-9-12-13(16-11)10-14(15)17-12/h9-10H,2-8H2,1H3. The molecule has 0 saturated heterocycles. The molecule has 0 aromatic carbocycles. The van der Waals surface area contributed by atoms with Crippen LogP contribution >= 0.6 is 38.6 Å². The van der Waals surface area contributed by atoms with Gasteiger partial charge in [-0.15, -0.1) is 22.7 Å². The summed E-state index contributed by atoms with van der Waals surface area (Å²) in [6.45, 7) is 2.27. The number of hydrogen-bond acceptors (Lipinski definition) is 2. The molecule has 0 N–H and O–H groups in total. The van der Waals surface area contributed by atoms with Crippen LogP contribution in [0.2, 0.25) is 0 Å². The van der Waals surface area contributed by atoms with Gasteiger partial charge < -0.3 is 0 Å². The third-order valence-corrected chi connectivity index (χ3v) is 5.86. The zero-order valence-electron chi connectivity index (χ0n) is 10.3. The third-order valence-electron chi connectivity index (χ3n) is 3.00. The van der Waals surface area contributed by atoms with E-state index in [1.54, 1.807) is 4.88 Å². The van der Waals surface area contributed by atoms with Crippen LogP contribution < -0.4 is 0 Å². The first kappa shape index (κ1) is 13.6. The highest BCUT2D eigenvalue weighted by Gasteiger charge is 2.05. The lowest BCUT2D eigenvalue weighted by molar-refractivity contribution is 0.609. The Bertz CT molecular complexity index is 424. The molecule has 94 valence electrons. The largest absolute Gasteiger partial charge is 0.139 e. The molecule has 0 bridgehead atoms. The third kappa shape index (κ3) is 4.08. The van der Waals surface area contributed by atoms with E-state index in [0.717, 1.165) is 0 Å². The molecule has 2 rings (SSSR count). The van der Waals surface area contributed by atoms with E-state index in [-0.39, 0.29) is 0 Å². The van der Waals surface area contributed by atoms with Crippen LogP contribution in [0.3, 0.4) is 0 Å². The minimum absolute atomic E-state index is 1.25. The minimum atomic E-state index is 1.25. The first-order valence-corrected chi connectivity index (χ1v) is 8.90. The van der Waals surface area contributed by atoms with E-state index in [0.29, 0.717) is 0 Å². The van der Waals surface area contributed by atoms with Crippen LogP contribution in [0.25, 0.3) is 9.40 Å². The molecule has 0 aliphatic rings. The van der Waals surface area contributed by atoms with E-state index in [1.807, 2.05) is 22.7 Å². The summed E-state index contributed by atoms with van der Waals surface area (Å²) in [6, 6.07) is 4.62. The molecule has 0 saturated carbocycles. The van der Waals surface area contributed by atoms with Crippen molar-refractivity contribution in [3.05, 3.63) is 20.8 Å². The van der Waals surface area contributed by atoms with E-state index in [9.17, 15) is 0 Å². The van der Waals surface area contributed by atoms with Gasteiger partial charge in [0.25, 0.3) is 0 Å². The highest BCUT2D eigenvalue weighted by molar-refractivity contribution is 9.11. The minimum Gasteiger partial charge on any atom is -0.139 e. The highest BCUT2D eigenvalue weighted by atomic mass is 79.9. The number of aryl methyl sites for hydroxylation is 1. The van der Waals surface area contributed by atoms with Gasteiger partial charge >= 0.3 is 0 Å². The molecule has 0 amide bonds. The van der Waals surface area contributed by atoms with Crippen LogP contribution in [0, 0.1) is 0 Å². The summed E-state index contributed by atoms with van der Waals surface area (Å²) in [7, 11) is 0. The van der Waals surface area contributed by atoms with Crippen molar-refractivity contribution in [1.29, 1.82) is 0 Å². The van der Waals surface area contributed by atoms with E-state index in [4.69, 9.17) is 0 Å². The van der Waals surface area contributed by atoms with Gasteiger partial charge in [0, 0.05) is 14.3 Å². The normalized spacial score (nSPS) is 11.4. The molecule has 0 atom stereocenters.